The second-order valence-electron chi connectivity index (χ2n) is 0. The van der Waals surface area contributed by atoms with Gasteiger partial charge in [-0.05, 0) is 0 Å². The predicted octanol–water partition coefficient (Wildman–Crippen LogP) is -4.80. The van der Waals surface area contributed by atoms with Gasteiger partial charge in [0.1, 0.15) is 0 Å². The van der Waals surface area contributed by atoms with E-state index in [9.17, 15) is 0 Å². The van der Waals surface area contributed by atoms with E-state index in [0.717, 1.165) is 0 Å². The minimum absolute atomic E-state index is 0. The fourth-order valence-electron chi connectivity index (χ4n) is 0. The average molecular weight is 200 g/mol. The Balaban J connectivity index is -0.000000000139. The van der Waals surface area contributed by atoms with Crippen molar-refractivity contribution in [2.24, 2.45) is 0 Å². The van der Waals surface area contributed by atoms with Gasteiger partial charge in [-0.15, -0.1) is 13.2 Å². The molecule has 2 nitrogen and oxygen atoms in total. The first kappa shape index (κ1) is 49.4. The summed E-state index contributed by atoms with van der Waals surface area (Å²) in [6, 6.07) is 0. The van der Waals surface area contributed by atoms with Crippen molar-refractivity contribution in [2.75, 3.05) is 0 Å². The molecule has 6 N–H and O–H groups in total. The molecule has 0 heterocycles. The van der Waals surface area contributed by atoms with Crippen LogP contribution < -0.4 is 71.4 Å². The molecule has 5 heteroatoms. The summed E-state index contributed by atoms with van der Waals surface area (Å²) in [7, 11) is 0. The Bertz CT molecular complexity index is 24.1. The minimum Gasteiger partial charge on any atom is -1.00 e. The molecule has 0 atom stereocenters. The Morgan fingerprint density at radius 3 is 0.857 bits per heavy atom. The van der Waals surface area contributed by atoms with Crippen LogP contribution in [-0.2, 0) is 0 Å². The molecular weight excluding hydrogens is 186 g/mol. The van der Waals surface area contributed by atoms with Crippen molar-refractivity contribution in [3.05, 3.63) is 13.2 Å². The maximum absolute atomic E-state index is 3.00. The molecular formula is C2H14N2Na2Sr. The Hall–Kier alpha value is 3.14. The fraction of sp³-hybridized carbons (Fsp3) is 0. The quantitative estimate of drug-likeness (QED) is 0.304. The Morgan fingerprint density at radius 1 is 0.857 bits per heavy atom. The molecule has 0 amide bonds. The van der Waals surface area contributed by atoms with E-state index in [1.54, 1.807) is 0 Å². The first-order valence-electron chi connectivity index (χ1n) is 0.500. The molecule has 0 aliphatic heterocycles. The van der Waals surface area contributed by atoms with Gasteiger partial charge >= 0.3 is 105 Å². The fourth-order valence-corrected chi connectivity index (χ4v) is 0. The molecule has 0 aromatic carbocycles. The van der Waals surface area contributed by atoms with Crippen molar-refractivity contribution in [1.82, 2.24) is 12.3 Å². The van der Waals surface area contributed by atoms with Gasteiger partial charge in [-0.2, -0.15) is 0 Å². The molecule has 7 heavy (non-hydrogen) atoms. The smallest absolute Gasteiger partial charge is 1.00 e. The van der Waals surface area contributed by atoms with Crippen molar-refractivity contribution in [1.29, 1.82) is 0 Å². The maximum Gasteiger partial charge on any atom is 2.00 e. The van der Waals surface area contributed by atoms with Crippen LogP contribution in [0.2, 0.25) is 0 Å². The van der Waals surface area contributed by atoms with E-state index in [-0.39, 0.29) is 123 Å². The molecule has 0 unspecified atom stereocenters. The average Bonchev–Trinajstić information content (AvgIpc) is 1.00. The van der Waals surface area contributed by atoms with Crippen LogP contribution in [0.1, 0.15) is 5.71 Å². The van der Waals surface area contributed by atoms with Crippen molar-refractivity contribution < 1.29 is 64.8 Å². The zero-order valence-corrected chi connectivity index (χ0v) is 13.0. The topological polar surface area (TPSA) is 70.0 Å². The van der Waals surface area contributed by atoms with Crippen LogP contribution in [-0.4, -0.2) is 45.5 Å². The molecule has 0 aromatic heterocycles. The van der Waals surface area contributed by atoms with Crippen molar-refractivity contribution in [3.8, 4) is 0 Å². The molecule has 0 saturated carbocycles. The van der Waals surface area contributed by atoms with Crippen LogP contribution in [0, 0.1) is 0 Å². The van der Waals surface area contributed by atoms with E-state index in [2.05, 4.69) is 13.2 Å². The normalized spacial score (nSPS) is 0.571. The third-order valence-electron chi connectivity index (χ3n) is 0. The largest absolute Gasteiger partial charge is 2.00 e. The van der Waals surface area contributed by atoms with Gasteiger partial charge in [-0.1, -0.05) is 0 Å². The van der Waals surface area contributed by atoms with Crippen LogP contribution in [0.4, 0.5) is 0 Å². The number of hydrogen-bond donors (Lipinski definition) is 2. The summed E-state index contributed by atoms with van der Waals surface area (Å²) >= 11 is 0. The first-order valence-corrected chi connectivity index (χ1v) is 0.500. The molecule has 0 spiro atoms. The second kappa shape index (κ2) is 61.4. The molecule has 0 aliphatic rings. The van der Waals surface area contributed by atoms with E-state index in [0.29, 0.717) is 0 Å². The van der Waals surface area contributed by atoms with Crippen LogP contribution >= 0.6 is 0 Å². The zero-order chi connectivity index (χ0) is 2.00. The SMILES string of the molecule is C=C.N.N.[H-].[H-].[H-].[H-].[Na+].[Na+].[Sr+2]. The van der Waals surface area contributed by atoms with E-state index < -0.39 is 0 Å². The maximum atomic E-state index is 3.00. The standard InChI is InChI=1S/C2H4.2H3N.2Na.Sr.4H/c1-2;;;;;;;;;/h1-2H2;2*1H3;;;;;;;/q;;;2*+1;+2;4*-1. The van der Waals surface area contributed by atoms with E-state index in [4.69, 9.17) is 0 Å². The van der Waals surface area contributed by atoms with Crippen molar-refractivity contribution in [2.45, 2.75) is 0 Å². The third kappa shape index (κ3) is 47.3. The Labute approximate surface area is 133 Å². The van der Waals surface area contributed by atoms with Gasteiger partial charge < -0.3 is 18.0 Å². The molecule has 0 bridgehead atoms. The van der Waals surface area contributed by atoms with E-state index in [1.165, 1.54) is 0 Å². The predicted molar refractivity (Wildman–Crippen MR) is 31.5 cm³/mol. The number of hydrogen-bond acceptors (Lipinski definition) is 2. The molecule has 0 radical (unpaired) electrons. The van der Waals surface area contributed by atoms with Gasteiger partial charge in [0, 0.05) is 0 Å². The summed E-state index contributed by atoms with van der Waals surface area (Å²) in [6.07, 6.45) is 0. The molecule has 36 valence electrons. The molecule has 0 fully saturated rings. The summed E-state index contributed by atoms with van der Waals surface area (Å²) in [5, 5.41) is 0. The van der Waals surface area contributed by atoms with E-state index >= 15 is 0 Å². The van der Waals surface area contributed by atoms with E-state index in [1.807, 2.05) is 0 Å². The monoisotopic (exact) mass is 200 g/mol. The van der Waals surface area contributed by atoms with Crippen molar-refractivity contribution in [3.63, 3.8) is 0 Å². The van der Waals surface area contributed by atoms with Gasteiger partial charge in [0.05, 0.1) is 0 Å². The van der Waals surface area contributed by atoms with Gasteiger partial charge in [0.15, 0.2) is 0 Å². The molecule has 0 aromatic rings. The third-order valence-corrected chi connectivity index (χ3v) is 0. The summed E-state index contributed by atoms with van der Waals surface area (Å²) < 4.78 is 0. The van der Waals surface area contributed by atoms with Crippen LogP contribution in [0.3, 0.4) is 0 Å². The van der Waals surface area contributed by atoms with Crippen LogP contribution in [0.5, 0.6) is 0 Å². The first-order chi connectivity index (χ1) is 1.00. The summed E-state index contributed by atoms with van der Waals surface area (Å²) in [4.78, 5) is 0. The summed E-state index contributed by atoms with van der Waals surface area (Å²) in [6.45, 7) is 6.00. The minimum atomic E-state index is 0. The van der Waals surface area contributed by atoms with Gasteiger partial charge in [0.2, 0.25) is 0 Å². The Kier molecular flexibility index (Phi) is 434. The molecule has 0 aliphatic carbocycles. The molecule has 0 rings (SSSR count). The van der Waals surface area contributed by atoms with Crippen LogP contribution in [0.25, 0.3) is 0 Å². The Morgan fingerprint density at radius 2 is 0.857 bits per heavy atom. The summed E-state index contributed by atoms with van der Waals surface area (Å²) in [5.74, 6) is 0. The van der Waals surface area contributed by atoms with Gasteiger partial charge in [-0.3, -0.25) is 0 Å². The second-order valence-corrected chi connectivity index (χ2v) is 0. The summed E-state index contributed by atoms with van der Waals surface area (Å²) in [5.41, 5.74) is 0. The van der Waals surface area contributed by atoms with Crippen molar-refractivity contribution >= 4 is 45.5 Å². The van der Waals surface area contributed by atoms with Gasteiger partial charge in [-0.25, -0.2) is 0 Å². The number of rotatable bonds is 0. The zero-order valence-electron chi connectivity index (χ0n) is 9.54. The van der Waals surface area contributed by atoms with Crippen LogP contribution in [0.15, 0.2) is 13.2 Å². The molecule has 0 saturated heterocycles. The van der Waals surface area contributed by atoms with Gasteiger partial charge in [0.25, 0.3) is 0 Å².